The molecule has 1 fully saturated rings. The molecule has 7 nitrogen and oxygen atoms in total. The van der Waals surface area contributed by atoms with Crippen LogP contribution in [0.4, 0.5) is 0 Å². The standard InChI is InChI=1S/C14H21N5O2/c1-15-13(20)12-17-16-11-9-18(7-8-19(11)12)14(21)10-5-3-2-4-6-10/h10H,2-9H2,1H3,(H,15,20). The molecule has 0 aromatic carbocycles. The highest BCUT2D eigenvalue weighted by Crippen LogP contribution is 2.26. The zero-order valence-electron chi connectivity index (χ0n) is 12.3. The number of carbonyl (C=O) groups is 2. The van der Waals surface area contributed by atoms with E-state index in [9.17, 15) is 9.59 Å². The number of aromatic nitrogens is 3. The average Bonchev–Trinajstić information content (AvgIpc) is 2.97. The minimum absolute atomic E-state index is 0.173. The summed E-state index contributed by atoms with van der Waals surface area (Å²) in [6.07, 6.45) is 5.56. The monoisotopic (exact) mass is 291 g/mol. The molecule has 1 aromatic rings. The maximum Gasteiger partial charge on any atom is 0.288 e. The first kappa shape index (κ1) is 14.0. The summed E-state index contributed by atoms with van der Waals surface area (Å²) in [6, 6.07) is 0. The molecule has 2 heterocycles. The molecule has 1 N–H and O–H groups in total. The van der Waals surface area contributed by atoms with E-state index in [2.05, 4.69) is 15.5 Å². The van der Waals surface area contributed by atoms with Gasteiger partial charge in [0.1, 0.15) is 0 Å². The molecule has 0 saturated heterocycles. The molecule has 114 valence electrons. The molecule has 1 aliphatic carbocycles. The molecule has 7 heteroatoms. The number of hydrogen-bond acceptors (Lipinski definition) is 4. The summed E-state index contributed by atoms with van der Waals surface area (Å²) in [4.78, 5) is 26.1. The number of fused-ring (bicyclic) bond motifs is 1. The lowest BCUT2D eigenvalue weighted by Crippen LogP contribution is -2.42. The van der Waals surface area contributed by atoms with Crippen molar-refractivity contribution in [2.75, 3.05) is 13.6 Å². The molecule has 1 aliphatic heterocycles. The lowest BCUT2D eigenvalue weighted by molar-refractivity contribution is -0.138. The lowest BCUT2D eigenvalue weighted by Gasteiger charge is -2.32. The number of rotatable bonds is 2. The fourth-order valence-electron chi connectivity index (χ4n) is 3.23. The van der Waals surface area contributed by atoms with Gasteiger partial charge in [-0.3, -0.25) is 9.59 Å². The predicted molar refractivity (Wildman–Crippen MR) is 75.4 cm³/mol. The number of nitrogens with one attached hydrogen (secondary N) is 1. The third kappa shape index (κ3) is 2.64. The normalized spacial score (nSPS) is 19.2. The molecule has 0 spiro atoms. The lowest BCUT2D eigenvalue weighted by atomic mass is 9.88. The van der Waals surface area contributed by atoms with Gasteiger partial charge in [0.15, 0.2) is 5.82 Å². The fourth-order valence-corrected chi connectivity index (χ4v) is 3.23. The summed E-state index contributed by atoms with van der Waals surface area (Å²) < 4.78 is 1.81. The first-order valence-electron chi connectivity index (χ1n) is 7.63. The second-order valence-electron chi connectivity index (χ2n) is 5.77. The summed E-state index contributed by atoms with van der Waals surface area (Å²) in [5.41, 5.74) is 0. The molecule has 21 heavy (non-hydrogen) atoms. The molecule has 0 radical (unpaired) electrons. The number of amides is 2. The van der Waals surface area contributed by atoms with Crippen molar-refractivity contribution in [3.05, 3.63) is 11.6 Å². The highest BCUT2D eigenvalue weighted by Gasteiger charge is 2.30. The minimum atomic E-state index is -0.235. The minimum Gasteiger partial charge on any atom is -0.352 e. The molecule has 0 unspecified atom stereocenters. The Hall–Kier alpha value is -1.92. The molecule has 2 aliphatic rings. The van der Waals surface area contributed by atoms with Crippen LogP contribution in [-0.4, -0.2) is 45.1 Å². The van der Waals surface area contributed by atoms with Crippen LogP contribution in [0.1, 0.15) is 48.5 Å². The molecular formula is C14H21N5O2. The summed E-state index contributed by atoms with van der Waals surface area (Å²) in [7, 11) is 1.58. The summed E-state index contributed by atoms with van der Waals surface area (Å²) >= 11 is 0. The van der Waals surface area contributed by atoms with Gasteiger partial charge in [0.25, 0.3) is 5.91 Å². The van der Waals surface area contributed by atoms with Gasteiger partial charge in [0, 0.05) is 26.1 Å². The maximum absolute atomic E-state index is 12.5. The third-order valence-corrected chi connectivity index (χ3v) is 4.45. The van der Waals surface area contributed by atoms with Crippen LogP contribution in [0, 0.1) is 5.92 Å². The molecule has 1 aromatic heterocycles. The van der Waals surface area contributed by atoms with Gasteiger partial charge in [0.2, 0.25) is 11.7 Å². The van der Waals surface area contributed by atoms with E-state index in [1.54, 1.807) is 7.05 Å². The zero-order valence-corrected chi connectivity index (χ0v) is 12.3. The van der Waals surface area contributed by atoms with E-state index in [-0.39, 0.29) is 17.7 Å². The number of nitrogens with zero attached hydrogens (tertiary/aromatic N) is 4. The van der Waals surface area contributed by atoms with Crippen molar-refractivity contribution in [1.82, 2.24) is 25.0 Å². The van der Waals surface area contributed by atoms with Crippen molar-refractivity contribution in [2.45, 2.75) is 45.2 Å². The van der Waals surface area contributed by atoms with Gasteiger partial charge in [0.05, 0.1) is 6.54 Å². The van der Waals surface area contributed by atoms with Crippen molar-refractivity contribution < 1.29 is 9.59 Å². The average molecular weight is 291 g/mol. The van der Waals surface area contributed by atoms with Gasteiger partial charge < -0.3 is 14.8 Å². The highest BCUT2D eigenvalue weighted by atomic mass is 16.2. The van der Waals surface area contributed by atoms with Crippen LogP contribution >= 0.6 is 0 Å². The second kappa shape index (κ2) is 5.83. The Morgan fingerprint density at radius 1 is 1.14 bits per heavy atom. The SMILES string of the molecule is CNC(=O)c1nnc2n1CCN(C(=O)C1CCCCC1)C2. The maximum atomic E-state index is 12.5. The van der Waals surface area contributed by atoms with Crippen LogP contribution in [0.3, 0.4) is 0 Å². The largest absolute Gasteiger partial charge is 0.352 e. The van der Waals surface area contributed by atoms with Gasteiger partial charge >= 0.3 is 0 Å². The Morgan fingerprint density at radius 3 is 2.62 bits per heavy atom. The van der Waals surface area contributed by atoms with Gasteiger partial charge in [-0.05, 0) is 12.8 Å². The molecule has 2 amide bonds. The van der Waals surface area contributed by atoms with E-state index in [4.69, 9.17) is 0 Å². The Bertz CT molecular complexity index is 548. The van der Waals surface area contributed by atoms with Crippen LogP contribution in [0.5, 0.6) is 0 Å². The second-order valence-corrected chi connectivity index (χ2v) is 5.77. The Labute approximate surface area is 123 Å². The van der Waals surface area contributed by atoms with Crippen LogP contribution in [0.2, 0.25) is 0 Å². The number of carbonyl (C=O) groups excluding carboxylic acids is 2. The Kier molecular flexibility index (Phi) is 3.90. The quantitative estimate of drug-likeness (QED) is 0.863. The Morgan fingerprint density at radius 2 is 1.90 bits per heavy atom. The fraction of sp³-hybridized carbons (Fsp3) is 0.714. The smallest absolute Gasteiger partial charge is 0.288 e. The molecular weight excluding hydrogens is 270 g/mol. The Balaban J connectivity index is 1.71. The topological polar surface area (TPSA) is 80.1 Å². The van der Waals surface area contributed by atoms with Crippen molar-refractivity contribution in [3.8, 4) is 0 Å². The van der Waals surface area contributed by atoms with Gasteiger partial charge in [-0.2, -0.15) is 0 Å². The zero-order chi connectivity index (χ0) is 14.8. The van der Waals surface area contributed by atoms with E-state index in [1.165, 1.54) is 6.42 Å². The summed E-state index contributed by atoms with van der Waals surface area (Å²) in [5.74, 6) is 1.21. The number of hydrogen-bond donors (Lipinski definition) is 1. The van der Waals surface area contributed by atoms with Crippen molar-refractivity contribution in [3.63, 3.8) is 0 Å². The molecule has 3 rings (SSSR count). The van der Waals surface area contributed by atoms with Crippen LogP contribution < -0.4 is 5.32 Å². The summed E-state index contributed by atoms with van der Waals surface area (Å²) in [6.45, 7) is 1.67. The van der Waals surface area contributed by atoms with Gasteiger partial charge in [-0.15, -0.1) is 10.2 Å². The van der Waals surface area contributed by atoms with Gasteiger partial charge in [-0.25, -0.2) is 0 Å². The first-order chi connectivity index (χ1) is 10.2. The first-order valence-corrected chi connectivity index (χ1v) is 7.63. The summed E-state index contributed by atoms with van der Waals surface area (Å²) in [5, 5.41) is 10.6. The van der Waals surface area contributed by atoms with Gasteiger partial charge in [-0.1, -0.05) is 19.3 Å². The van der Waals surface area contributed by atoms with Crippen LogP contribution in [-0.2, 0) is 17.9 Å². The van der Waals surface area contributed by atoms with E-state index in [0.29, 0.717) is 31.3 Å². The van der Waals surface area contributed by atoms with Crippen molar-refractivity contribution >= 4 is 11.8 Å². The van der Waals surface area contributed by atoms with Crippen LogP contribution in [0.15, 0.2) is 0 Å². The third-order valence-electron chi connectivity index (χ3n) is 4.45. The van der Waals surface area contributed by atoms with E-state index >= 15 is 0 Å². The van der Waals surface area contributed by atoms with E-state index in [1.807, 2.05) is 9.47 Å². The molecule has 0 atom stereocenters. The van der Waals surface area contributed by atoms with E-state index < -0.39 is 0 Å². The predicted octanol–water partition coefficient (Wildman–Crippen LogP) is 0.560. The molecule has 1 saturated carbocycles. The highest BCUT2D eigenvalue weighted by molar-refractivity contribution is 5.90. The van der Waals surface area contributed by atoms with Crippen molar-refractivity contribution in [2.24, 2.45) is 5.92 Å². The van der Waals surface area contributed by atoms with E-state index in [0.717, 1.165) is 25.7 Å². The molecule has 0 bridgehead atoms. The van der Waals surface area contributed by atoms with Crippen molar-refractivity contribution in [1.29, 1.82) is 0 Å². The van der Waals surface area contributed by atoms with Crippen LogP contribution in [0.25, 0.3) is 0 Å².